The summed E-state index contributed by atoms with van der Waals surface area (Å²) in [7, 11) is 3.18. The molecule has 0 unspecified atom stereocenters. The molecule has 0 saturated heterocycles. The number of hydrogen-bond acceptors (Lipinski definition) is 7. The molecule has 0 spiro atoms. The molecule has 0 bridgehead atoms. The summed E-state index contributed by atoms with van der Waals surface area (Å²) in [5, 5.41) is 16.0. The Morgan fingerprint density at radius 1 is 0.828 bits per heavy atom. The van der Waals surface area contributed by atoms with Gasteiger partial charge in [0.25, 0.3) is 0 Å². The van der Waals surface area contributed by atoms with E-state index in [9.17, 15) is 0 Å². The van der Waals surface area contributed by atoms with Crippen molar-refractivity contribution >= 4 is 22.8 Å². The topological polar surface area (TPSA) is 113 Å². The van der Waals surface area contributed by atoms with Crippen molar-refractivity contribution in [1.82, 2.24) is 9.97 Å². The van der Waals surface area contributed by atoms with Crippen LogP contribution in [-0.2, 0) is 18.9 Å². The molecule has 3 N–H and O–H groups in total. The van der Waals surface area contributed by atoms with Gasteiger partial charge in [-0.3, -0.25) is 10.8 Å². The van der Waals surface area contributed by atoms with Crippen molar-refractivity contribution < 1.29 is 18.9 Å². The fraction of sp³-hybridized carbons (Fsp3) is 0.286. The molecular formula is C21H24N4O4. The first kappa shape index (κ1) is 20.5. The van der Waals surface area contributed by atoms with E-state index in [0.717, 1.165) is 16.6 Å². The highest BCUT2D eigenvalue weighted by Gasteiger charge is 2.10. The number of aromatic nitrogens is 2. The first-order valence-electron chi connectivity index (χ1n) is 9.14. The average molecular weight is 396 g/mol. The number of fused-ring (bicyclic) bond motifs is 1. The lowest BCUT2D eigenvalue weighted by atomic mass is 10.1. The molecule has 0 aliphatic rings. The molecule has 0 radical (unpaired) electrons. The first-order chi connectivity index (χ1) is 14.1. The fourth-order valence-corrected chi connectivity index (χ4v) is 2.69. The summed E-state index contributed by atoms with van der Waals surface area (Å²) in [4.78, 5) is 7.88. The minimum Gasteiger partial charge on any atom is -0.475 e. The number of benzene rings is 2. The van der Waals surface area contributed by atoms with E-state index in [1.807, 2.05) is 42.5 Å². The van der Waals surface area contributed by atoms with Crippen LogP contribution in [0, 0.1) is 10.8 Å². The zero-order valence-corrected chi connectivity index (χ0v) is 16.5. The number of nitrogens with zero attached hydrogens (tertiary/aromatic N) is 1. The van der Waals surface area contributed by atoms with E-state index in [1.54, 1.807) is 14.2 Å². The molecule has 8 nitrogen and oxygen atoms in total. The molecule has 0 aliphatic heterocycles. The number of H-pyrrole nitrogens is 1. The Morgan fingerprint density at radius 2 is 1.41 bits per heavy atom. The maximum atomic E-state index is 8.03. The number of methoxy groups -OCH3 is 2. The summed E-state index contributed by atoms with van der Waals surface area (Å²) < 4.78 is 20.5. The SMILES string of the molecule is COCCOC(=N)c1ccc(-c2nc3ccc(C(=N)OCCOC)cc3[nH]2)cc1. The second-order valence-electron chi connectivity index (χ2n) is 6.24. The molecule has 0 aliphatic carbocycles. The van der Waals surface area contributed by atoms with Crippen molar-refractivity contribution in [2.75, 3.05) is 40.6 Å². The Hall–Kier alpha value is -3.23. The van der Waals surface area contributed by atoms with Crippen LogP contribution in [0.25, 0.3) is 22.4 Å². The highest BCUT2D eigenvalue weighted by atomic mass is 16.5. The normalized spacial score (nSPS) is 10.8. The molecule has 152 valence electrons. The maximum absolute atomic E-state index is 8.03. The zero-order valence-electron chi connectivity index (χ0n) is 16.5. The van der Waals surface area contributed by atoms with Gasteiger partial charge in [-0.15, -0.1) is 0 Å². The van der Waals surface area contributed by atoms with Crippen molar-refractivity contribution in [2.24, 2.45) is 0 Å². The molecule has 1 heterocycles. The summed E-state index contributed by atoms with van der Waals surface area (Å²) in [5.41, 5.74) is 3.86. The third-order valence-electron chi connectivity index (χ3n) is 4.23. The minimum atomic E-state index is 0.0939. The molecule has 0 fully saturated rings. The predicted octanol–water partition coefficient (Wildman–Crippen LogP) is 3.21. The van der Waals surface area contributed by atoms with Crippen LogP contribution in [-0.4, -0.2) is 62.4 Å². The number of ether oxygens (including phenoxy) is 4. The van der Waals surface area contributed by atoms with Crippen molar-refractivity contribution in [3.05, 3.63) is 53.6 Å². The molecule has 0 saturated carbocycles. The lowest BCUT2D eigenvalue weighted by Crippen LogP contribution is -2.09. The van der Waals surface area contributed by atoms with Crippen LogP contribution in [0.1, 0.15) is 11.1 Å². The number of aromatic amines is 1. The van der Waals surface area contributed by atoms with Gasteiger partial charge in [0, 0.05) is 30.9 Å². The smallest absolute Gasteiger partial charge is 0.213 e. The van der Waals surface area contributed by atoms with Crippen molar-refractivity contribution in [2.45, 2.75) is 0 Å². The van der Waals surface area contributed by atoms with E-state index in [0.29, 0.717) is 43.4 Å². The Labute approximate surface area is 168 Å². The molecule has 0 atom stereocenters. The van der Waals surface area contributed by atoms with Crippen molar-refractivity contribution in [3.8, 4) is 11.4 Å². The quantitative estimate of drug-likeness (QED) is 0.292. The van der Waals surface area contributed by atoms with Crippen molar-refractivity contribution in [3.63, 3.8) is 0 Å². The van der Waals surface area contributed by atoms with Gasteiger partial charge in [-0.05, 0) is 30.3 Å². The molecular weight excluding hydrogens is 372 g/mol. The summed E-state index contributed by atoms with van der Waals surface area (Å²) in [6.45, 7) is 1.55. The van der Waals surface area contributed by atoms with E-state index < -0.39 is 0 Å². The largest absolute Gasteiger partial charge is 0.475 e. The second-order valence-corrected chi connectivity index (χ2v) is 6.24. The number of hydrogen-bond donors (Lipinski definition) is 3. The van der Waals surface area contributed by atoms with Gasteiger partial charge in [-0.25, -0.2) is 4.98 Å². The van der Waals surface area contributed by atoms with Crippen LogP contribution < -0.4 is 0 Å². The van der Waals surface area contributed by atoms with Gasteiger partial charge >= 0.3 is 0 Å². The van der Waals surface area contributed by atoms with Crippen LogP contribution in [0.15, 0.2) is 42.5 Å². The van der Waals surface area contributed by atoms with Gasteiger partial charge in [0.15, 0.2) is 0 Å². The third-order valence-corrected chi connectivity index (χ3v) is 4.23. The van der Waals surface area contributed by atoms with Gasteiger partial charge in [-0.1, -0.05) is 12.1 Å². The summed E-state index contributed by atoms with van der Waals surface area (Å²) in [6, 6.07) is 12.9. The van der Waals surface area contributed by atoms with Gasteiger partial charge < -0.3 is 23.9 Å². The Bertz CT molecular complexity index is 982. The summed E-state index contributed by atoms with van der Waals surface area (Å²) in [6.07, 6.45) is 0. The van der Waals surface area contributed by atoms with Gasteiger partial charge in [0.05, 0.1) is 24.2 Å². The lowest BCUT2D eigenvalue weighted by molar-refractivity contribution is 0.141. The fourth-order valence-electron chi connectivity index (χ4n) is 2.69. The second kappa shape index (κ2) is 9.81. The maximum Gasteiger partial charge on any atom is 0.213 e. The summed E-state index contributed by atoms with van der Waals surface area (Å²) >= 11 is 0. The molecule has 1 aromatic heterocycles. The average Bonchev–Trinajstić information content (AvgIpc) is 3.17. The van der Waals surface area contributed by atoms with Gasteiger partial charge in [0.1, 0.15) is 19.0 Å². The molecule has 2 aromatic carbocycles. The molecule has 3 rings (SSSR count). The van der Waals surface area contributed by atoms with Gasteiger partial charge in [0.2, 0.25) is 11.8 Å². The molecule has 0 amide bonds. The van der Waals surface area contributed by atoms with Gasteiger partial charge in [-0.2, -0.15) is 0 Å². The van der Waals surface area contributed by atoms with Crippen LogP contribution >= 0.6 is 0 Å². The molecule has 29 heavy (non-hydrogen) atoms. The third kappa shape index (κ3) is 5.18. The zero-order chi connectivity index (χ0) is 20.6. The van der Waals surface area contributed by atoms with E-state index in [2.05, 4.69) is 9.97 Å². The number of rotatable bonds is 9. The lowest BCUT2D eigenvalue weighted by Gasteiger charge is -2.07. The summed E-state index contributed by atoms with van der Waals surface area (Å²) in [5.74, 6) is 0.911. The Kier molecular flexibility index (Phi) is 6.94. The highest BCUT2D eigenvalue weighted by Crippen LogP contribution is 2.22. The van der Waals surface area contributed by atoms with E-state index in [1.165, 1.54) is 0 Å². The Morgan fingerprint density at radius 3 is 2.03 bits per heavy atom. The van der Waals surface area contributed by atoms with Crippen LogP contribution in [0.4, 0.5) is 0 Å². The van der Waals surface area contributed by atoms with E-state index >= 15 is 0 Å². The highest BCUT2D eigenvalue weighted by molar-refractivity contribution is 5.96. The first-order valence-corrected chi connectivity index (χ1v) is 9.14. The van der Waals surface area contributed by atoms with E-state index in [-0.39, 0.29) is 11.8 Å². The monoisotopic (exact) mass is 396 g/mol. The van der Waals surface area contributed by atoms with Crippen LogP contribution in [0.3, 0.4) is 0 Å². The number of imidazole rings is 1. The predicted molar refractivity (Wildman–Crippen MR) is 111 cm³/mol. The minimum absolute atomic E-state index is 0.0939. The van der Waals surface area contributed by atoms with E-state index in [4.69, 9.17) is 29.8 Å². The van der Waals surface area contributed by atoms with Crippen LogP contribution in [0.2, 0.25) is 0 Å². The molecule has 8 heteroatoms. The van der Waals surface area contributed by atoms with Crippen molar-refractivity contribution in [1.29, 1.82) is 10.8 Å². The van der Waals surface area contributed by atoms with Crippen LogP contribution in [0.5, 0.6) is 0 Å². The standard InChI is InChI=1S/C21H24N4O4/c1-26-9-11-28-19(22)14-3-5-15(6-4-14)21-24-17-8-7-16(13-18(17)25-21)20(23)29-12-10-27-2/h3-8,13,22-23H,9-12H2,1-2H3,(H,24,25). The Balaban J connectivity index is 1.73. The number of nitrogens with one attached hydrogen (secondary N) is 3. The molecule has 3 aromatic rings.